The SMILES string of the molecule is CC(C)CN1CCOc2c(cccc2NCC(=O)N(CCN(C)C)Cc2ccccc2C(F)(F)F)C1. The lowest BCUT2D eigenvalue weighted by atomic mass is 10.1. The molecule has 0 bridgehead atoms. The number of benzene rings is 2. The van der Waals surface area contributed by atoms with Crippen LogP contribution < -0.4 is 10.1 Å². The fourth-order valence-corrected chi connectivity index (χ4v) is 4.32. The third-order valence-electron chi connectivity index (χ3n) is 6.05. The molecule has 2 aromatic rings. The Labute approximate surface area is 212 Å². The molecule has 1 N–H and O–H groups in total. The summed E-state index contributed by atoms with van der Waals surface area (Å²) in [5.74, 6) is 1.00. The van der Waals surface area contributed by atoms with Gasteiger partial charge in [0, 0.05) is 44.8 Å². The summed E-state index contributed by atoms with van der Waals surface area (Å²) < 4.78 is 46.6. The van der Waals surface area contributed by atoms with Crippen molar-refractivity contribution in [3.8, 4) is 5.75 Å². The molecule has 1 heterocycles. The summed E-state index contributed by atoms with van der Waals surface area (Å²) in [5.41, 5.74) is 1.14. The van der Waals surface area contributed by atoms with Gasteiger partial charge in [-0.15, -0.1) is 0 Å². The lowest BCUT2D eigenvalue weighted by Gasteiger charge is -2.26. The molecule has 2 aromatic carbocycles. The van der Waals surface area contributed by atoms with Crippen molar-refractivity contribution in [2.75, 3.05) is 58.7 Å². The second-order valence-electron chi connectivity index (χ2n) is 9.90. The fraction of sp³-hybridized carbons (Fsp3) is 0.519. The molecule has 0 saturated carbocycles. The fourth-order valence-electron chi connectivity index (χ4n) is 4.32. The summed E-state index contributed by atoms with van der Waals surface area (Å²) in [6.45, 7) is 8.17. The van der Waals surface area contributed by atoms with Gasteiger partial charge < -0.3 is 19.9 Å². The lowest BCUT2D eigenvalue weighted by molar-refractivity contribution is -0.139. The van der Waals surface area contributed by atoms with Crippen LogP contribution in [-0.2, 0) is 24.1 Å². The van der Waals surface area contributed by atoms with E-state index in [4.69, 9.17) is 4.74 Å². The van der Waals surface area contributed by atoms with Crippen molar-refractivity contribution in [3.05, 3.63) is 59.2 Å². The van der Waals surface area contributed by atoms with Crippen LogP contribution >= 0.6 is 0 Å². The third kappa shape index (κ3) is 7.86. The molecule has 3 rings (SSSR count). The Bertz CT molecular complexity index is 1010. The molecule has 0 aliphatic carbocycles. The molecule has 1 aliphatic heterocycles. The predicted octanol–water partition coefficient (Wildman–Crippen LogP) is 4.56. The van der Waals surface area contributed by atoms with E-state index in [1.807, 2.05) is 37.2 Å². The molecule has 9 heteroatoms. The second-order valence-corrected chi connectivity index (χ2v) is 9.90. The molecule has 0 atom stereocenters. The van der Waals surface area contributed by atoms with Crippen molar-refractivity contribution >= 4 is 11.6 Å². The highest BCUT2D eigenvalue weighted by atomic mass is 19.4. The highest BCUT2D eigenvalue weighted by Crippen LogP contribution is 2.33. The van der Waals surface area contributed by atoms with E-state index in [2.05, 4.69) is 24.1 Å². The van der Waals surface area contributed by atoms with Crippen molar-refractivity contribution in [2.24, 2.45) is 5.92 Å². The Hall–Kier alpha value is -2.78. The first-order chi connectivity index (χ1) is 17.0. The van der Waals surface area contributed by atoms with Crippen LogP contribution in [0.15, 0.2) is 42.5 Å². The Kier molecular flexibility index (Phi) is 9.62. The molecule has 0 aromatic heterocycles. The Balaban J connectivity index is 1.74. The minimum atomic E-state index is -4.48. The van der Waals surface area contributed by atoms with Crippen LogP contribution in [0.4, 0.5) is 18.9 Å². The summed E-state index contributed by atoms with van der Waals surface area (Å²) >= 11 is 0. The summed E-state index contributed by atoms with van der Waals surface area (Å²) in [4.78, 5) is 18.9. The van der Waals surface area contributed by atoms with Gasteiger partial charge in [0.1, 0.15) is 12.4 Å². The minimum Gasteiger partial charge on any atom is -0.490 e. The molecule has 1 amide bonds. The van der Waals surface area contributed by atoms with Gasteiger partial charge in [-0.05, 0) is 37.7 Å². The lowest BCUT2D eigenvalue weighted by Crippen LogP contribution is -2.39. The average molecular weight is 507 g/mol. The number of para-hydroxylation sites is 1. The molecule has 0 unspecified atom stereocenters. The van der Waals surface area contributed by atoms with Crippen LogP contribution in [0.2, 0.25) is 0 Å². The normalized spacial score (nSPS) is 14.4. The van der Waals surface area contributed by atoms with Gasteiger partial charge in [-0.25, -0.2) is 0 Å². The Morgan fingerprint density at radius 3 is 2.56 bits per heavy atom. The molecule has 6 nitrogen and oxygen atoms in total. The van der Waals surface area contributed by atoms with Crippen molar-refractivity contribution in [1.29, 1.82) is 0 Å². The van der Waals surface area contributed by atoms with Crippen LogP contribution in [-0.4, -0.2) is 74.0 Å². The number of nitrogens with zero attached hydrogens (tertiary/aromatic N) is 3. The number of carbonyl (C=O) groups excluding carboxylic acids is 1. The smallest absolute Gasteiger partial charge is 0.416 e. The molecular weight excluding hydrogens is 469 g/mol. The van der Waals surface area contributed by atoms with Crippen LogP contribution in [0.5, 0.6) is 5.75 Å². The van der Waals surface area contributed by atoms with Crippen LogP contribution in [0.1, 0.15) is 30.5 Å². The number of hydrogen-bond donors (Lipinski definition) is 1. The van der Waals surface area contributed by atoms with Gasteiger partial charge in [-0.3, -0.25) is 9.69 Å². The molecule has 198 valence electrons. The van der Waals surface area contributed by atoms with Gasteiger partial charge in [-0.2, -0.15) is 13.2 Å². The van der Waals surface area contributed by atoms with E-state index in [-0.39, 0.29) is 24.6 Å². The summed E-state index contributed by atoms with van der Waals surface area (Å²) in [6, 6.07) is 11.2. The molecule has 0 fully saturated rings. The number of ether oxygens (including phenoxy) is 1. The van der Waals surface area contributed by atoms with E-state index in [1.165, 1.54) is 17.0 Å². The maximum absolute atomic E-state index is 13.5. The number of amides is 1. The van der Waals surface area contributed by atoms with Gasteiger partial charge in [0.2, 0.25) is 5.91 Å². The Morgan fingerprint density at radius 1 is 1.11 bits per heavy atom. The molecule has 36 heavy (non-hydrogen) atoms. The number of fused-ring (bicyclic) bond motifs is 1. The van der Waals surface area contributed by atoms with E-state index in [1.54, 1.807) is 6.07 Å². The average Bonchev–Trinajstić information content (AvgIpc) is 3.01. The molecule has 1 aliphatic rings. The number of anilines is 1. The topological polar surface area (TPSA) is 48.1 Å². The zero-order valence-corrected chi connectivity index (χ0v) is 21.6. The first-order valence-corrected chi connectivity index (χ1v) is 12.3. The van der Waals surface area contributed by atoms with Crippen molar-refractivity contribution < 1.29 is 22.7 Å². The monoisotopic (exact) mass is 506 g/mol. The number of alkyl halides is 3. The van der Waals surface area contributed by atoms with Gasteiger partial charge in [0.05, 0.1) is 17.8 Å². The molecule has 0 radical (unpaired) electrons. The molecule has 0 spiro atoms. The highest BCUT2D eigenvalue weighted by Gasteiger charge is 2.33. The maximum atomic E-state index is 13.5. The molecule has 0 saturated heterocycles. The second kappa shape index (κ2) is 12.5. The predicted molar refractivity (Wildman–Crippen MR) is 136 cm³/mol. The number of likely N-dealkylation sites (N-methyl/N-ethyl adjacent to an activating group) is 1. The first-order valence-electron chi connectivity index (χ1n) is 12.3. The van der Waals surface area contributed by atoms with Gasteiger partial charge in [0.25, 0.3) is 0 Å². The maximum Gasteiger partial charge on any atom is 0.416 e. The van der Waals surface area contributed by atoms with Gasteiger partial charge in [-0.1, -0.05) is 44.2 Å². The number of halogens is 3. The van der Waals surface area contributed by atoms with Gasteiger partial charge in [0.15, 0.2) is 0 Å². The number of rotatable bonds is 10. The van der Waals surface area contributed by atoms with Crippen LogP contribution in [0.3, 0.4) is 0 Å². The standard InChI is InChI=1S/C27H37F3N4O2/c1-20(2)17-33-14-15-36-26-22(18-33)9-7-11-24(26)31-16-25(35)34(13-12-32(3)4)19-21-8-5-6-10-23(21)27(28,29)30/h5-11,20,31H,12-19H2,1-4H3. The van der Waals surface area contributed by atoms with E-state index < -0.39 is 11.7 Å². The third-order valence-corrected chi connectivity index (χ3v) is 6.05. The zero-order chi connectivity index (χ0) is 26.3. The minimum absolute atomic E-state index is 0.0445. The number of carbonyl (C=O) groups is 1. The largest absolute Gasteiger partial charge is 0.490 e. The van der Waals surface area contributed by atoms with Crippen molar-refractivity contribution in [1.82, 2.24) is 14.7 Å². The van der Waals surface area contributed by atoms with Crippen LogP contribution in [0.25, 0.3) is 0 Å². The van der Waals surface area contributed by atoms with Crippen molar-refractivity contribution in [2.45, 2.75) is 33.1 Å². The Morgan fingerprint density at radius 2 is 1.86 bits per heavy atom. The number of nitrogens with one attached hydrogen (secondary N) is 1. The highest BCUT2D eigenvalue weighted by molar-refractivity contribution is 5.81. The van der Waals surface area contributed by atoms with E-state index in [9.17, 15) is 18.0 Å². The van der Waals surface area contributed by atoms with E-state index in [0.29, 0.717) is 25.6 Å². The quantitative estimate of drug-likeness (QED) is 0.512. The molecular formula is C27H37F3N4O2. The first kappa shape index (κ1) is 27.8. The summed E-state index contributed by atoms with van der Waals surface area (Å²) in [5, 5.41) is 3.18. The van der Waals surface area contributed by atoms with Crippen molar-refractivity contribution in [3.63, 3.8) is 0 Å². The summed E-state index contributed by atoms with van der Waals surface area (Å²) in [7, 11) is 3.73. The number of hydrogen-bond acceptors (Lipinski definition) is 5. The summed E-state index contributed by atoms with van der Waals surface area (Å²) in [6.07, 6.45) is -4.48. The van der Waals surface area contributed by atoms with Crippen LogP contribution in [0, 0.1) is 5.92 Å². The van der Waals surface area contributed by atoms with Gasteiger partial charge >= 0.3 is 6.18 Å². The zero-order valence-electron chi connectivity index (χ0n) is 21.6. The van der Waals surface area contributed by atoms with E-state index >= 15 is 0 Å². The van der Waals surface area contributed by atoms with E-state index in [0.717, 1.165) is 42.7 Å².